The van der Waals surface area contributed by atoms with Crippen LogP contribution in [0.2, 0.25) is 0 Å². The van der Waals surface area contributed by atoms with Gasteiger partial charge in [0.25, 0.3) is 0 Å². The van der Waals surface area contributed by atoms with Crippen LogP contribution in [0.3, 0.4) is 0 Å². The summed E-state index contributed by atoms with van der Waals surface area (Å²) in [4.78, 5) is 0. The quantitative estimate of drug-likeness (QED) is 0.918. The summed E-state index contributed by atoms with van der Waals surface area (Å²) < 4.78 is 40.9. The molecule has 25 heavy (non-hydrogen) atoms. The van der Waals surface area contributed by atoms with Crippen LogP contribution < -0.4 is 5.32 Å². The third-order valence-electron chi connectivity index (χ3n) is 4.54. The summed E-state index contributed by atoms with van der Waals surface area (Å²) in [5.74, 6) is -0.996. The SMILES string of the molecule is CC(NCc1nnc2n1CCCC2C(F)(F)F)c1ccc(C#N)cc1. The van der Waals surface area contributed by atoms with Crippen LogP contribution >= 0.6 is 0 Å². The summed E-state index contributed by atoms with van der Waals surface area (Å²) in [7, 11) is 0. The molecular weight excluding hydrogens is 331 g/mol. The molecule has 0 radical (unpaired) electrons. The van der Waals surface area contributed by atoms with Crippen molar-refractivity contribution in [1.82, 2.24) is 20.1 Å². The second kappa shape index (κ2) is 6.84. The summed E-state index contributed by atoms with van der Waals surface area (Å²) in [6.45, 7) is 2.79. The first-order valence-electron chi connectivity index (χ1n) is 8.12. The lowest BCUT2D eigenvalue weighted by molar-refractivity contribution is -0.156. The van der Waals surface area contributed by atoms with Crippen LogP contribution in [0.4, 0.5) is 13.2 Å². The molecule has 0 spiro atoms. The van der Waals surface area contributed by atoms with Crippen molar-refractivity contribution in [1.29, 1.82) is 5.26 Å². The number of aromatic nitrogens is 3. The lowest BCUT2D eigenvalue weighted by Crippen LogP contribution is -2.29. The molecule has 1 aliphatic heterocycles. The van der Waals surface area contributed by atoms with E-state index in [2.05, 4.69) is 21.6 Å². The summed E-state index contributed by atoms with van der Waals surface area (Å²) >= 11 is 0. The molecule has 0 aliphatic carbocycles. The van der Waals surface area contributed by atoms with Gasteiger partial charge in [-0.15, -0.1) is 10.2 Å². The molecule has 1 N–H and O–H groups in total. The number of rotatable bonds is 4. The number of hydrogen-bond acceptors (Lipinski definition) is 4. The number of hydrogen-bond donors (Lipinski definition) is 1. The van der Waals surface area contributed by atoms with Gasteiger partial charge in [0.05, 0.1) is 18.2 Å². The summed E-state index contributed by atoms with van der Waals surface area (Å²) in [6, 6.07) is 9.22. The Morgan fingerprint density at radius 2 is 2.04 bits per heavy atom. The van der Waals surface area contributed by atoms with Gasteiger partial charge in [-0.2, -0.15) is 18.4 Å². The monoisotopic (exact) mass is 349 g/mol. The van der Waals surface area contributed by atoms with Crippen molar-refractivity contribution in [3.63, 3.8) is 0 Å². The molecule has 2 atom stereocenters. The highest BCUT2D eigenvalue weighted by Crippen LogP contribution is 2.40. The van der Waals surface area contributed by atoms with Crippen LogP contribution in [0, 0.1) is 11.3 Å². The Bertz CT molecular complexity index is 773. The van der Waals surface area contributed by atoms with Crippen molar-refractivity contribution in [2.24, 2.45) is 0 Å². The Hall–Kier alpha value is -2.40. The fraction of sp³-hybridized carbons (Fsp3) is 0.471. The number of nitrogens with zero attached hydrogens (tertiary/aromatic N) is 4. The Labute approximate surface area is 143 Å². The van der Waals surface area contributed by atoms with E-state index in [1.807, 2.05) is 19.1 Å². The molecule has 1 aromatic heterocycles. The molecule has 2 heterocycles. The molecule has 1 aliphatic rings. The van der Waals surface area contributed by atoms with Crippen LogP contribution in [0.5, 0.6) is 0 Å². The van der Waals surface area contributed by atoms with E-state index in [9.17, 15) is 13.2 Å². The van der Waals surface area contributed by atoms with Gasteiger partial charge < -0.3 is 9.88 Å². The van der Waals surface area contributed by atoms with Crippen LogP contribution in [0.25, 0.3) is 0 Å². The molecule has 3 rings (SSSR count). The number of benzene rings is 1. The maximum Gasteiger partial charge on any atom is 0.398 e. The van der Waals surface area contributed by atoms with Crippen molar-refractivity contribution < 1.29 is 13.2 Å². The molecule has 0 bridgehead atoms. The van der Waals surface area contributed by atoms with Crippen molar-refractivity contribution >= 4 is 0 Å². The van der Waals surface area contributed by atoms with E-state index in [-0.39, 0.29) is 18.3 Å². The molecular formula is C17H18F3N5. The van der Waals surface area contributed by atoms with Gasteiger partial charge in [0, 0.05) is 12.6 Å². The highest BCUT2D eigenvalue weighted by molar-refractivity contribution is 5.32. The lowest BCUT2D eigenvalue weighted by Gasteiger charge is -2.25. The second-order valence-corrected chi connectivity index (χ2v) is 6.20. The van der Waals surface area contributed by atoms with E-state index in [0.717, 1.165) is 5.56 Å². The maximum absolute atomic E-state index is 13.1. The first-order chi connectivity index (χ1) is 11.9. The third-order valence-corrected chi connectivity index (χ3v) is 4.54. The first-order valence-corrected chi connectivity index (χ1v) is 8.12. The fourth-order valence-corrected chi connectivity index (χ4v) is 3.08. The van der Waals surface area contributed by atoms with Gasteiger partial charge in [0.15, 0.2) is 0 Å². The lowest BCUT2D eigenvalue weighted by atomic mass is 9.98. The van der Waals surface area contributed by atoms with Gasteiger partial charge in [0.1, 0.15) is 17.6 Å². The smallest absolute Gasteiger partial charge is 0.313 e. The zero-order chi connectivity index (χ0) is 18.0. The van der Waals surface area contributed by atoms with Crippen molar-refractivity contribution in [2.75, 3.05) is 0 Å². The molecule has 8 heteroatoms. The van der Waals surface area contributed by atoms with Crippen LogP contribution in [-0.2, 0) is 13.1 Å². The summed E-state index contributed by atoms with van der Waals surface area (Å²) in [5, 5.41) is 19.8. The molecule has 132 valence electrons. The molecule has 5 nitrogen and oxygen atoms in total. The van der Waals surface area contributed by atoms with Gasteiger partial charge in [-0.1, -0.05) is 12.1 Å². The third kappa shape index (κ3) is 3.66. The van der Waals surface area contributed by atoms with Crippen LogP contribution in [0.15, 0.2) is 24.3 Å². The minimum absolute atomic E-state index is 0.0153. The molecule has 0 amide bonds. The number of fused-ring (bicyclic) bond motifs is 1. The average molecular weight is 349 g/mol. The Morgan fingerprint density at radius 3 is 2.68 bits per heavy atom. The van der Waals surface area contributed by atoms with E-state index in [4.69, 9.17) is 5.26 Å². The van der Waals surface area contributed by atoms with Crippen molar-refractivity contribution in [3.05, 3.63) is 47.0 Å². The fourth-order valence-electron chi connectivity index (χ4n) is 3.08. The molecule has 2 unspecified atom stereocenters. The number of alkyl halides is 3. The van der Waals surface area contributed by atoms with E-state index in [1.54, 1.807) is 16.7 Å². The predicted molar refractivity (Wildman–Crippen MR) is 84.5 cm³/mol. The topological polar surface area (TPSA) is 66.5 Å². The highest BCUT2D eigenvalue weighted by Gasteiger charge is 2.45. The van der Waals surface area contributed by atoms with E-state index in [1.165, 1.54) is 0 Å². The maximum atomic E-state index is 13.1. The Balaban J connectivity index is 1.70. The molecule has 0 saturated heterocycles. The van der Waals surface area contributed by atoms with E-state index < -0.39 is 12.1 Å². The summed E-state index contributed by atoms with van der Waals surface area (Å²) in [5.41, 5.74) is 1.58. The number of nitriles is 1. The number of halogens is 3. The van der Waals surface area contributed by atoms with Gasteiger partial charge in [-0.3, -0.25) is 0 Å². The summed E-state index contributed by atoms with van der Waals surface area (Å²) in [6.07, 6.45) is -3.75. The zero-order valence-electron chi connectivity index (χ0n) is 13.7. The standard InChI is InChI=1S/C17H18F3N5/c1-11(13-6-4-12(9-21)5-7-13)22-10-15-23-24-16-14(17(18,19)20)3-2-8-25(15)16/h4-7,11,14,22H,2-3,8,10H2,1H3. The van der Waals surface area contributed by atoms with E-state index >= 15 is 0 Å². The average Bonchev–Trinajstić information content (AvgIpc) is 3.02. The number of nitrogens with one attached hydrogen (secondary N) is 1. The normalized spacial score (nSPS) is 18.4. The minimum Gasteiger partial charge on any atom is -0.313 e. The zero-order valence-corrected chi connectivity index (χ0v) is 13.7. The Kier molecular flexibility index (Phi) is 4.77. The minimum atomic E-state index is -4.29. The van der Waals surface area contributed by atoms with Crippen molar-refractivity contribution in [2.45, 2.75) is 51.0 Å². The van der Waals surface area contributed by atoms with Crippen LogP contribution in [-0.4, -0.2) is 20.9 Å². The largest absolute Gasteiger partial charge is 0.398 e. The van der Waals surface area contributed by atoms with Crippen molar-refractivity contribution in [3.8, 4) is 6.07 Å². The molecule has 0 fully saturated rings. The van der Waals surface area contributed by atoms with Gasteiger partial charge >= 0.3 is 6.18 Å². The van der Waals surface area contributed by atoms with Gasteiger partial charge in [-0.25, -0.2) is 0 Å². The molecule has 2 aromatic rings. The first kappa shape index (κ1) is 17.4. The predicted octanol–water partition coefficient (Wildman–Crippen LogP) is 3.44. The van der Waals surface area contributed by atoms with Gasteiger partial charge in [-0.05, 0) is 37.5 Å². The van der Waals surface area contributed by atoms with Gasteiger partial charge in [0.2, 0.25) is 0 Å². The second-order valence-electron chi connectivity index (χ2n) is 6.20. The Morgan fingerprint density at radius 1 is 1.32 bits per heavy atom. The van der Waals surface area contributed by atoms with E-state index in [0.29, 0.717) is 30.9 Å². The molecule has 1 aromatic carbocycles. The highest BCUT2D eigenvalue weighted by atomic mass is 19.4. The van der Waals surface area contributed by atoms with Crippen LogP contribution in [0.1, 0.15) is 54.5 Å². The molecule has 0 saturated carbocycles.